The standard InChI is InChI=1S/C22H12Br2N2O9/c1-11(27)15-10-14(34-21(28)12-2-5-16(23)18(8-12)25(30)31)4-7-20(15)35-22(29)13-3-6-17(24)19(9-13)26(32)33/h2-10H,1H3. The fourth-order valence-electron chi connectivity index (χ4n) is 2.82. The summed E-state index contributed by atoms with van der Waals surface area (Å²) in [5, 5.41) is 22.2. The molecule has 0 radical (unpaired) electrons. The second-order valence-corrected chi connectivity index (χ2v) is 8.55. The molecule has 11 nitrogen and oxygen atoms in total. The van der Waals surface area contributed by atoms with Gasteiger partial charge in [-0.25, -0.2) is 9.59 Å². The number of carbonyl (C=O) groups excluding carboxylic acids is 3. The Morgan fingerprint density at radius 2 is 1.23 bits per heavy atom. The van der Waals surface area contributed by atoms with Crippen molar-refractivity contribution in [2.45, 2.75) is 6.92 Å². The van der Waals surface area contributed by atoms with Gasteiger partial charge in [-0.15, -0.1) is 0 Å². The third kappa shape index (κ3) is 5.94. The smallest absolute Gasteiger partial charge is 0.343 e. The second kappa shape index (κ2) is 10.5. The van der Waals surface area contributed by atoms with Crippen LogP contribution in [0.15, 0.2) is 63.5 Å². The van der Waals surface area contributed by atoms with Crippen molar-refractivity contribution in [3.05, 3.63) is 100 Å². The Bertz CT molecular complexity index is 1410. The van der Waals surface area contributed by atoms with Crippen LogP contribution in [0.1, 0.15) is 38.0 Å². The van der Waals surface area contributed by atoms with E-state index in [4.69, 9.17) is 9.47 Å². The van der Waals surface area contributed by atoms with Crippen molar-refractivity contribution in [3.8, 4) is 11.5 Å². The highest BCUT2D eigenvalue weighted by molar-refractivity contribution is 9.11. The van der Waals surface area contributed by atoms with Gasteiger partial charge in [0.1, 0.15) is 11.5 Å². The summed E-state index contributed by atoms with van der Waals surface area (Å²) < 4.78 is 10.8. The van der Waals surface area contributed by atoms with Crippen LogP contribution < -0.4 is 9.47 Å². The molecule has 0 atom stereocenters. The SMILES string of the molecule is CC(=O)c1cc(OC(=O)c2ccc(Br)c([N+](=O)[O-])c2)ccc1OC(=O)c1ccc(Br)c([N+](=O)[O-])c1. The number of Topliss-reactive ketones (excluding diaryl/α,β-unsaturated/α-hetero) is 1. The van der Waals surface area contributed by atoms with Gasteiger partial charge in [0.25, 0.3) is 11.4 Å². The lowest BCUT2D eigenvalue weighted by atomic mass is 10.1. The van der Waals surface area contributed by atoms with Gasteiger partial charge in [-0.2, -0.15) is 0 Å². The van der Waals surface area contributed by atoms with Gasteiger partial charge in [0.05, 0.1) is 35.5 Å². The predicted octanol–water partition coefficient (Wildman–Crippen LogP) is 5.67. The normalized spacial score (nSPS) is 10.4. The fourth-order valence-corrected chi connectivity index (χ4v) is 3.60. The number of rotatable bonds is 7. The maximum Gasteiger partial charge on any atom is 0.343 e. The van der Waals surface area contributed by atoms with Crippen LogP contribution in [0.25, 0.3) is 0 Å². The summed E-state index contributed by atoms with van der Waals surface area (Å²) in [6.45, 7) is 1.20. The van der Waals surface area contributed by atoms with E-state index in [1.54, 1.807) is 0 Å². The number of halogens is 2. The molecule has 0 saturated heterocycles. The summed E-state index contributed by atoms with van der Waals surface area (Å²) in [5.41, 5.74) is -1.00. The summed E-state index contributed by atoms with van der Waals surface area (Å²) in [6.07, 6.45) is 0. The Kier molecular flexibility index (Phi) is 7.71. The number of esters is 2. The van der Waals surface area contributed by atoms with Gasteiger partial charge in [0, 0.05) is 12.1 Å². The maximum absolute atomic E-state index is 12.5. The van der Waals surface area contributed by atoms with Crippen LogP contribution in [0.3, 0.4) is 0 Å². The zero-order valence-corrected chi connectivity index (χ0v) is 20.7. The number of hydrogen-bond donors (Lipinski definition) is 0. The summed E-state index contributed by atoms with van der Waals surface area (Å²) in [7, 11) is 0. The van der Waals surface area contributed by atoms with Crippen LogP contribution in [-0.4, -0.2) is 27.6 Å². The van der Waals surface area contributed by atoms with E-state index in [0.29, 0.717) is 0 Å². The van der Waals surface area contributed by atoms with Crippen LogP contribution in [0, 0.1) is 20.2 Å². The molecule has 0 amide bonds. The molecule has 0 spiro atoms. The molecular weight excluding hydrogens is 596 g/mol. The Hall–Kier alpha value is -3.97. The topological polar surface area (TPSA) is 156 Å². The first-order valence-electron chi connectivity index (χ1n) is 9.45. The molecule has 0 unspecified atom stereocenters. The van der Waals surface area contributed by atoms with E-state index in [1.165, 1.54) is 49.4 Å². The number of hydrogen-bond acceptors (Lipinski definition) is 9. The number of benzene rings is 3. The molecule has 0 aliphatic heterocycles. The number of nitro groups is 2. The molecule has 0 fully saturated rings. The first kappa shape index (κ1) is 25.6. The number of nitro benzene ring substituents is 2. The van der Waals surface area contributed by atoms with E-state index in [9.17, 15) is 34.6 Å². The molecule has 3 aromatic carbocycles. The zero-order chi connectivity index (χ0) is 25.9. The van der Waals surface area contributed by atoms with Gasteiger partial charge in [0.15, 0.2) is 5.78 Å². The van der Waals surface area contributed by atoms with Gasteiger partial charge >= 0.3 is 11.9 Å². The highest BCUT2D eigenvalue weighted by Gasteiger charge is 2.21. The summed E-state index contributed by atoms with van der Waals surface area (Å²) in [5.74, 6) is -2.62. The lowest BCUT2D eigenvalue weighted by Crippen LogP contribution is -2.13. The van der Waals surface area contributed by atoms with Crippen LogP contribution >= 0.6 is 31.9 Å². The van der Waals surface area contributed by atoms with Crippen LogP contribution in [0.2, 0.25) is 0 Å². The molecule has 35 heavy (non-hydrogen) atoms. The fraction of sp³-hybridized carbons (Fsp3) is 0.0455. The monoisotopic (exact) mass is 606 g/mol. The third-order valence-electron chi connectivity index (χ3n) is 4.50. The largest absolute Gasteiger partial charge is 0.423 e. The molecule has 3 aromatic rings. The number of carbonyl (C=O) groups is 3. The van der Waals surface area contributed by atoms with Crippen molar-refractivity contribution in [2.24, 2.45) is 0 Å². The summed E-state index contributed by atoms with van der Waals surface area (Å²) in [4.78, 5) is 57.9. The Labute approximate surface area is 213 Å². The molecule has 13 heteroatoms. The number of ketones is 1. The molecule has 0 N–H and O–H groups in total. The third-order valence-corrected chi connectivity index (χ3v) is 5.84. The maximum atomic E-state index is 12.5. The lowest BCUT2D eigenvalue weighted by Gasteiger charge is -2.11. The van der Waals surface area contributed by atoms with E-state index in [2.05, 4.69) is 31.9 Å². The minimum absolute atomic E-state index is 0.0788. The van der Waals surface area contributed by atoms with Crippen molar-refractivity contribution in [1.29, 1.82) is 0 Å². The Morgan fingerprint density at radius 1 is 0.743 bits per heavy atom. The first-order valence-corrected chi connectivity index (χ1v) is 11.0. The average molecular weight is 608 g/mol. The molecule has 0 aliphatic rings. The van der Waals surface area contributed by atoms with Gasteiger partial charge in [-0.3, -0.25) is 25.0 Å². The zero-order valence-electron chi connectivity index (χ0n) is 17.5. The van der Waals surface area contributed by atoms with Crippen molar-refractivity contribution in [1.82, 2.24) is 0 Å². The van der Waals surface area contributed by atoms with Crippen molar-refractivity contribution < 1.29 is 33.7 Å². The average Bonchev–Trinajstić information content (AvgIpc) is 2.79. The van der Waals surface area contributed by atoms with Crippen molar-refractivity contribution in [3.63, 3.8) is 0 Å². The van der Waals surface area contributed by atoms with Crippen molar-refractivity contribution in [2.75, 3.05) is 0 Å². The molecule has 0 aliphatic carbocycles. The van der Waals surface area contributed by atoms with Gasteiger partial charge < -0.3 is 9.47 Å². The Morgan fingerprint density at radius 3 is 1.69 bits per heavy atom. The summed E-state index contributed by atoms with van der Waals surface area (Å²) >= 11 is 6.04. The minimum atomic E-state index is -0.949. The van der Waals surface area contributed by atoms with Crippen LogP contribution in [0.4, 0.5) is 11.4 Å². The Balaban J connectivity index is 1.85. The molecule has 0 aromatic heterocycles. The van der Waals surface area contributed by atoms with Gasteiger partial charge in [-0.1, -0.05) is 0 Å². The van der Waals surface area contributed by atoms with E-state index < -0.39 is 27.6 Å². The molecule has 0 heterocycles. The molecule has 178 valence electrons. The highest BCUT2D eigenvalue weighted by Crippen LogP contribution is 2.30. The molecule has 0 bridgehead atoms. The lowest BCUT2D eigenvalue weighted by molar-refractivity contribution is -0.385. The molecule has 3 rings (SSSR count). The van der Waals surface area contributed by atoms with Crippen LogP contribution in [-0.2, 0) is 0 Å². The second-order valence-electron chi connectivity index (χ2n) is 6.84. The quantitative estimate of drug-likeness (QED) is 0.108. The molecule has 0 saturated carbocycles. The van der Waals surface area contributed by atoms with Crippen LogP contribution in [0.5, 0.6) is 11.5 Å². The number of nitrogens with zero attached hydrogens (tertiary/aromatic N) is 2. The first-order chi connectivity index (χ1) is 16.5. The van der Waals surface area contributed by atoms with E-state index in [0.717, 1.165) is 12.1 Å². The predicted molar refractivity (Wildman–Crippen MR) is 128 cm³/mol. The summed E-state index contributed by atoms with van der Waals surface area (Å²) in [6, 6.07) is 11.0. The highest BCUT2D eigenvalue weighted by atomic mass is 79.9. The van der Waals surface area contributed by atoms with Crippen molar-refractivity contribution >= 4 is 61.0 Å². The van der Waals surface area contributed by atoms with E-state index in [1.807, 2.05) is 0 Å². The van der Waals surface area contributed by atoms with E-state index >= 15 is 0 Å². The number of ether oxygens (including phenoxy) is 2. The van der Waals surface area contributed by atoms with Gasteiger partial charge in [-0.05, 0) is 81.2 Å². The van der Waals surface area contributed by atoms with Gasteiger partial charge in [0.2, 0.25) is 0 Å². The minimum Gasteiger partial charge on any atom is -0.423 e. The molecular formula is C22H12Br2N2O9. The van der Waals surface area contributed by atoms with E-state index in [-0.39, 0.29) is 48.5 Å².